The van der Waals surface area contributed by atoms with Crippen LogP contribution >= 0.6 is 0 Å². The van der Waals surface area contributed by atoms with Crippen molar-refractivity contribution in [3.05, 3.63) is 77.9 Å². The van der Waals surface area contributed by atoms with Crippen molar-refractivity contribution in [3.63, 3.8) is 0 Å². The third-order valence-corrected chi connectivity index (χ3v) is 5.28. The van der Waals surface area contributed by atoms with Crippen LogP contribution in [0.2, 0.25) is 0 Å². The molecule has 5 rings (SSSR count). The van der Waals surface area contributed by atoms with Gasteiger partial charge >= 0.3 is 0 Å². The summed E-state index contributed by atoms with van der Waals surface area (Å²) in [6.07, 6.45) is 0. The topological polar surface area (TPSA) is 35.0 Å². The molecular weight excluding hydrogens is 344 g/mol. The van der Waals surface area contributed by atoms with Crippen LogP contribution in [0.25, 0.3) is 44.0 Å². The van der Waals surface area contributed by atoms with Gasteiger partial charge in [0, 0.05) is 21.7 Å². The number of hydrogen-bond donors (Lipinski definition) is 0. The molecule has 0 aliphatic rings. The lowest BCUT2D eigenvalue weighted by molar-refractivity contribution is 0.415. The van der Waals surface area contributed by atoms with Gasteiger partial charge in [-0.05, 0) is 55.3 Å². The van der Waals surface area contributed by atoms with Crippen molar-refractivity contribution >= 4 is 32.8 Å². The van der Waals surface area contributed by atoms with Gasteiger partial charge in [-0.2, -0.15) is 0 Å². The molecule has 2 aromatic heterocycles. The van der Waals surface area contributed by atoms with Crippen LogP contribution in [0.15, 0.2) is 66.7 Å². The number of ether oxygens (including phenoxy) is 1. The smallest absolute Gasteiger partial charge is 0.161 e. The molecule has 0 amide bonds. The lowest BCUT2D eigenvalue weighted by Crippen LogP contribution is -1.95. The Morgan fingerprint density at radius 2 is 1.57 bits per heavy atom. The standard InChI is InChI=1S/C25H20N2O/c1-15-12-16(2)24-20(13-15)23(17-8-10-19(28-3)11-9-17)21-14-18-6-4-5-7-22(18)26-25(21)27-24/h4-14H,1-3H3. The summed E-state index contributed by atoms with van der Waals surface area (Å²) in [5.74, 6) is 0.849. The van der Waals surface area contributed by atoms with Crippen LogP contribution in [0.4, 0.5) is 0 Å². The fourth-order valence-electron chi connectivity index (χ4n) is 3.99. The van der Waals surface area contributed by atoms with Crippen LogP contribution < -0.4 is 4.74 Å². The molecule has 0 radical (unpaired) electrons. The number of aryl methyl sites for hydroxylation is 2. The first kappa shape index (κ1) is 16.7. The average Bonchev–Trinajstić information content (AvgIpc) is 2.71. The van der Waals surface area contributed by atoms with E-state index in [1.807, 2.05) is 30.3 Å². The van der Waals surface area contributed by atoms with Crippen molar-refractivity contribution in [2.24, 2.45) is 0 Å². The first-order valence-electron chi connectivity index (χ1n) is 9.39. The van der Waals surface area contributed by atoms with Gasteiger partial charge in [0.15, 0.2) is 5.65 Å². The number of nitrogens with zero attached hydrogens (tertiary/aromatic N) is 2. The van der Waals surface area contributed by atoms with Crippen LogP contribution in [-0.2, 0) is 0 Å². The molecule has 3 aromatic carbocycles. The van der Waals surface area contributed by atoms with Crippen LogP contribution in [0.5, 0.6) is 5.75 Å². The van der Waals surface area contributed by atoms with E-state index < -0.39 is 0 Å². The second-order valence-corrected chi connectivity index (χ2v) is 7.25. The minimum absolute atomic E-state index is 0.781. The van der Waals surface area contributed by atoms with E-state index in [4.69, 9.17) is 14.7 Å². The molecule has 0 saturated carbocycles. The van der Waals surface area contributed by atoms with Crippen molar-refractivity contribution in [1.82, 2.24) is 9.97 Å². The summed E-state index contributed by atoms with van der Waals surface area (Å²) in [6, 6.07) is 23.0. The first-order valence-corrected chi connectivity index (χ1v) is 9.39. The maximum atomic E-state index is 5.35. The normalized spacial score (nSPS) is 11.4. The highest BCUT2D eigenvalue weighted by molar-refractivity contribution is 6.11. The largest absolute Gasteiger partial charge is 0.497 e. The molecule has 0 bridgehead atoms. The van der Waals surface area contributed by atoms with Gasteiger partial charge in [-0.1, -0.05) is 42.0 Å². The molecule has 0 aliphatic heterocycles. The highest BCUT2D eigenvalue weighted by atomic mass is 16.5. The summed E-state index contributed by atoms with van der Waals surface area (Å²) < 4.78 is 5.35. The van der Waals surface area contributed by atoms with Crippen LogP contribution in [0.3, 0.4) is 0 Å². The van der Waals surface area contributed by atoms with Crippen LogP contribution in [0, 0.1) is 13.8 Å². The van der Waals surface area contributed by atoms with E-state index in [-0.39, 0.29) is 0 Å². The molecular formula is C25H20N2O. The monoisotopic (exact) mass is 364 g/mol. The van der Waals surface area contributed by atoms with Crippen molar-refractivity contribution in [1.29, 1.82) is 0 Å². The predicted octanol–water partition coefficient (Wildman–Crippen LogP) is 6.23. The summed E-state index contributed by atoms with van der Waals surface area (Å²) in [5, 5.41) is 3.35. The van der Waals surface area contributed by atoms with Crippen molar-refractivity contribution < 1.29 is 4.74 Å². The molecule has 0 unspecified atom stereocenters. The zero-order valence-corrected chi connectivity index (χ0v) is 16.2. The van der Waals surface area contributed by atoms with E-state index in [1.165, 1.54) is 16.7 Å². The molecule has 0 N–H and O–H groups in total. The Hall–Kier alpha value is -3.46. The molecule has 2 heterocycles. The minimum atomic E-state index is 0.781. The number of rotatable bonds is 2. The summed E-state index contributed by atoms with van der Waals surface area (Å²) in [4.78, 5) is 9.83. The average molecular weight is 364 g/mol. The number of hydrogen-bond acceptors (Lipinski definition) is 3. The van der Waals surface area contributed by atoms with E-state index in [0.717, 1.165) is 44.2 Å². The number of aromatic nitrogens is 2. The van der Waals surface area contributed by atoms with Gasteiger partial charge in [0.25, 0.3) is 0 Å². The fourth-order valence-corrected chi connectivity index (χ4v) is 3.99. The zero-order valence-electron chi connectivity index (χ0n) is 16.2. The van der Waals surface area contributed by atoms with E-state index in [9.17, 15) is 0 Å². The first-order chi connectivity index (χ1) is 13.6. The van der Waals surface area contributed by atoms with Gasteiger partial charge in [-0.3, -0.25) is 0 Å². The van der Waals surface area contributed by atoms with E-state index in [0.29, 0.717) is 0 Å². The third kappa shape index (κ3) is 2.59. The molecule has 0 aliphatic carbocycles. The summed E-state index contributed by atoms with van der Waals surface area (Å²) in [5.41, 5.74) is 7.47. The van der Waals surface area contributed by atoms with Gasteiger partial charge in [0.2, 0.25) is 0 Å². The second kappa shape index (κ2) is 6.31. The molecule has 3 nitrogen and oxygen atoms in total. The molecule has 3 heteroatoms. The maximum Gasteiger partial charge on any atom is 0.161 e. The Morgan fingerprint density at radius 1 is 0.786 bits per heavy atom. The van der Waals surface area contributed by atoms with Crippen molar-refractivity contribution in [3.8, 4) is 16.9 Å². The molecule has 0 saturated heterocycles. The lowest BCUT2D eigenvalue weighted by Gasteiger charge is -2.14. The highest BCUT2D eigenvalue weighted by Gasteiger charge is 2.15. The molecule has 0 atom stereocenters. The second-order valence-electron chi connectivity index (χ2n) is 7.25. The number of pyridine rings is 2. The van der Waals surface area contributed by atoms with E-state index in [2.05, 4.69) is 50.2 Å². The van der Waals surface area contributed by atoms with Crippen LogP contribution in [-0.4, -0.2) is 17.1 Å². The lowest BCUT2D eigenvalue weighted by atomic mass is 9.94. The molecule has 5 aromatic rings. The SMILES string of the molecule is COc1ccc(-c2c3cc4ccccc4nc3nc3c(C)cc(C)cc23)cc1. The Morgan fingerprint density at radius 3 is 2.36 bits per heavy atom. The maximum absolute atomic E-state index is 5.35. The third-order valence-electron chi connectivity index (χ3n) is 5.28. The number of para-hydroxylation sites is 1. The van der Waals surface area contributed by atoms with Crippen molar-refractivity contribution in [2.45, 2.75) is 13.8 Å². The minimum Gasteiger partial charge on any atom is -0.497 e. The van der Waals surface area contributed by atoms with Crippen molar-refractivity contribution in [2.75, 3.05) is 7.11 Å². The van der Waals surface area contributed by atoms with Gasteiger partial charge in [-0.25, -0.2) is 9.97 Å². The predicted molar refractivity (Wildman–Crippen MR) is 116 cm³/mol. The summed E-state index contributed by atoms with van der Waals surface area (Å²) in [7, 11) is 1.69. The zero-order chi connectivity index (χ0) is 19.3. The van der Waals surface area contributed by atoms with Gasteiger partial charge in [0.05, 0.1) is 18.1 Å². The Balaban J connectivity index is 1.97. The molecule has 0 fully saturated rings. The van der Waals surface area contributed by atoms with Gasteiger partial charge < -0.3 is 4.74 Å². The summed E-state index contributed by atoms with van der Waals surface area (Å²) in [6.45, 7) is 4.25. The summed E-state index contributed by atoms with van der Waals surface area (Å²) >= 11 is 0. The molecule has 0 spiro atoms. The Kier molecular flexibility index (Phi) is 3.76. The van der Waals surface area contributed by atoms with E-state index in [1.54, 1.807) is 7.11 Å². The fraction of sp³-hybridized carbons (Fsp3) is 0.120. The van der Waals surface area contributed by atoms with Gasteiger partial charge in [0.1, 0.15) is 5.75 Å². The highest BCUT2D eigenvalue weighted by Crippen LogP contribution is 2.37. The number of methoxy groups -OCH3 is 1. The molecule has 136 valence electrons. The number of fused-ring (bicyclic) bond motifs is 3. The number of benzene rings is 3. The van der Waals surface area contributed by atoms with E-state index >= 15 is 0 Å². The van der Waals surface area contributed by atoms with Crippen LogP contribution in [0.1, 0.15) is 11.1 Å². The van der Waals surface area contributed by atoms with Gasteiger partial charge in [-0.15, -0.1) is 0 Å². The Labute approximate surface area is 163 Å². The Bertz CT molecular complexity index is 1350. The quantitative estimate of drug-likeness (QED) is 0.348. The molecule has 28 heavy (non-hydrogen) atoms.